The normalized spacial score (nSPS) is 20.2. The number of nitrogens with one attached hydrogen (secondary N) is 1. The van der Waals surface area contributed by atoms with E-state index in [1.54, 1.807) is 16.8 Å². The summed E-state index contributed by atoms with van der Waals surface area (Å²) in [7, 11) is 0. The maximum Gasteiger partial charge on any atom is 0.185 e. The van der Waals surface area contributed by atoms with E-state index in [2.05, 4.69) is 20.6 Å². The monoisotopic (exact) mass is 409 g/mol. The largest absolute Gasteiger partial charge is 0.292 e. The van der Waals surface area contributed by atoms with Crippen LogP contribution in [0, 0.1) is 11.6 Å². The molecular formula is C21H17F2N5O2. The Hall–Kier alpha value is -3.46. The van der Waals surface area contributed by atoms with E-state index >= 15 is 0 Å². The Bertz CT molecular complexity index is 1170. The van der Waals surface area contributed by atoms with Gasteiger partial charge in [-0.05, 0) is 36.8 Å². The number of hydrogen-bond acceptors (Lipinski definition) is 6. The third-order valence-corrected chi connectivity index (χ3v) is 5.37. The van der Waals surface area contributed by atoms with Crippen molar-refractivity contribution in [3.63, 3.8) is 0 Å². The van der Waals surface area contributed by atoms with E-state index in [1.165, 1.54) is 30.6 Å². The number of aromatic nitrogens is 3. The van der Waals surface area contributed by atoms with E-state index in [1.807, 2.05) is 6.92 Å². The summed E-state index contributed by atoms with van der Waals surface area (Å²) < 4.78 is 29.5. The molecule has 5 rings (SSSR count). The van der Waals surface area contributed by atoms with E-state index in [0.29, 0.717) is 34.9 Å². The number of benzene rings is 2. The van der Waals surface area contributed by atoms with Crippen molar-refractivity contribution in [2.24, 2.45) is 4.99 Å². The molecule has 152 valence electrons. The minimum atomic E-state index is -0.671. The van der Waals surface area contributed by atoms with Crippen LogP contribution in [0.3, 0.4) is 0 Å². The van der Waals surface area contributed by atoms with Crippen LogP contribution in [-0.2, 0) is 11.4 Å². The Morgan fingerprint density at radius 1 is 1.20 bits per heavy atom. The van der Waals surface area contributed by atoms with Crippen molar-refractivity contribution in [1.82, 2.24) is 14.8 Å². The van der Waals surface area contributed by atoms with Gasteiger partial charge in [0, 0.05) is 17.7 Å². The van der Waals surface area contributed by atoms with E-state index in [-0.39, 0.29) is 23.7 Å². The third kappa shape index (κ3) is 2.89. The lowest BCUT2D eigenvalue weighted by molar-refractivity contribution is 0.0918. The van der Waals surface area contributed by atoms with E-state index in [9.17, 15) is 13.6 Å². The zero-order valence-corrected chi connectivity index (χ0v) is 16.0. The maximum atomic E-state index is 14.2. The van der Waals surface area contributed by atoms with Crippen molar-refractivity contribution in [3.8, 4) is 0 Å². The van der Waals surface area contributed by atoms with Crippen LogP contribution >= 0.6 is 0 Å². The maximum absolute atomic E-state index is 14.2. The predicted octanol–water partition coefficient (Wildman–Crippen LogP) is 3.44. The molecule has 0 fully saturated rings. The van der Waals surface area contributed by atoms with Crippen LogP contribution in [0.5, 0.6) is 0 Å². The Balaban J connectivity index is 1.75. The molecule has 9 heteroatoms. The van der Waals surface area contributed by atoms with Crippen LogP contribution < -0.4 is 5.48 Å². The third-order valence-electron chi connectivity index (χ3n) is 5.37. The molecular weight excluding hydrogens is 392 g/mol. The van der Waals surface area contributed by atoms with Crippen LogP contribution in [-0.4, -0.2) is 32.8 Å². The molecule has 0 radical (unpaired) electrons. The molecule has 2 unspecified atom stereocenters. The molecule has 0 bridgehead atoms. The fourth-order valence-electron chi connectivity index (χ4n) is 4.02. The van der Waals surface area contributed by atoms with Crippen molar-refractivity contribution >= 4 is 17.2 Å². The van der Waals surface area contributed by atoms with Gasteiger partial charge in [0.1, 0.15) is 36.4 Å². The Morgan fingerprint density at radius 2 is 2.00 bits per heavy atom. The van der Waals surface area contributed by atoms with E-state index in [4.69, 9.17) is 4.84 Å². The number of Topliss-reactive ketones (excluding diaryl/α,β-unsaturated/α-hetero) is 1. The summed E-state index contributed by atoms with van der Waals surface area (Å²) in [5, 5.41) is 4.26. The number of rotatable bonds is 3. The molecule has 0 saturated heterocycles. The van der Waals surface area contributed by atoms with Crippen LogP contribution in [0.25, 0.3) is 0 Å². The molecule has 0 spiro atoms. The number of hydrogen-bond donors (Lipinski definition) is 1. The standard InChI is InChI=1S/C21H17F2N5O2/c1-2-28-21(25-10-26-28)18-19-17-14(16(29)9-24-19)7-13(23)8-15(17)27-30-20(18)11-3-5-12(22)6-4-11/h3-8,10,18,20,27H,2,9H2,1H3. The molecule has 7 nitrogen and oxygen atoms in total. The van der Waals surface area contributed by atoms with Gasteiger partial charge in [-0.15, -0.1) is 0 Å². The van der Waals surface area contributed by atoms with Gasteiger partial charge in [-0.1, -0.05) is 12.1 Å². The molecule has 2 aromatic carbocycles. The highest BCUT2D eigenvalue weighted by Crippen LogP contribution is 2.43. The number of ketones is 1. The lowest BCUT2D eigenvalue weighted by Crippen LogP contribution is -2.29. The van der Waals surface area contributed by atoms with Gasteiger partial charge in [-0.25, -0.2) is 18.4 Å². The smallest absolute Gasteiger partial charge is 0.185 e. The fraction of sp³-hybridized carbons (Fsp3) is 0.238. The molecule has 0 saturated carbocycles. The average Bonchev–Trinajstić information content (AvgIpc) is 3.15. The topological polar surface area (TPSA) is 81.4 Å². The molecule has 3 heterocycles. The molecule has 2 aliphatic rings. The molecule has 30 heavy (non-hydrogen) atoms. The first-order valence-electron chi connectivity index (χ1n) is 9.53. The van der Waals surface area contributed by atoms with Crippen molar-refractivity contribution in [3.05, 3.63) is 76.9 Å². The minimum absolute atomic E-state index is 0.0991. The van der Waals surface area contributed by atoms with Crippen molar-refractivity contribution in [2.45, 2.75) is 25.5 Å². The second kappa shape index (κ2) is 7.10. The number of aryl methyl sites for hydroxylation is 1. The average molecular weight is 409 g/mol. The zero-order chi connectivity index (χ0) is 20.8. The summed E-state index contributed by atoms with van der Waals surface area (Å²) in [6.45, 7) is 2.39. The molecule has 2 aliphatic heterocycles. The number of carbonyl (C=O) groups is 1. The van der Waals surface area contributed by atoms with Gasteiger partial charge in [0.15, 0.2) is 5.78 Å². The molecule has 2 atom stereocenters. The summed E-state index contributed by atoms with van der Waals surface area (Å²) in [6.07, 6.45) is 0.773. The van der Waals surface area contributed by atoms with Gasteiger partial charge in [-0.2, -0.15) is 5.10 Å². The summed E-state index contributed by atoms with van der Waals surface area (Å²) in [6, 6.07) is 8.41. The Morgan fingerprint density at radius 3 is 2.77 bits per heavy atom. The van der Waals surface area contributed by atoms with Gasteiger partial charge in [0.25, 0.3) is 0 Å². The predicted molar refractivity (Wildman–Crippen MR) is 104 cm³/mol. The lowest BCUT2D eigenvalue weighted by Gasteiger charge is -2.27. The van der Waals surface area contributed by atoms with Gasteiger partial charge in [0.05, 0.1) is 17.3 Å². The highest BCUT2D eigenvalue weighted by atomic mass is 19.1. The summed E-state index contributed by atoms with van der Waals surface area (Å²) in [5.41, 5.74) is 5.08. The summed E-state index contributed by atoms with van der Waals surface area (Å²) >= 11 is 0. The zero-order valence-electron chi connectivity index (χ0n) is 16.0. The van der Waals surface area contributed by atoms with E-state index < -0.39 is 17.8 Å². The van der Waals surface area contributed by atoms with Crippen LogP contribution in [0.1, 0.15) is 46.3 Å². The fourth-order valence-corrected chi connectivity index (χ4v) is 4.02. The van der Waals surface area contributed by atoms with Crippen molar-refractivity contribution < 1.29 is 18.4 Å². The van der Waals surface area contributed by atoms with Gasteiger partial charge >= 0.3 is 0 Å². The van der Waals surface area contributed by atoms with Gasteiger partial charge in [0.2, 0.25) is 0 Å². The van der Waals surface area contributed by atoms with Gasteiger partial charge < -0.3 is 0 Å². The van der Waals surface area contributed by atoms with Crippen molar-refractivity contribution in [1.29, 1.82) is 0 Å². The lowest BCUT2D eigenvalue weighted by atomic mass is 9.83. The van der Waals surface area contributed by atoms with Gasteiger partial charge in [-0.3, -0.25) is 20.1 Å². The Kier molecular flexibility index (Phi) is 4.39. The molecule has 0 amide bonds. The summed E-state index contributed by atoms with van der Waals surface area (Å²) in [4.78, 5) is 27.4. The summed E-state index contributed by atoms with van der Waals surface area (Å²) in [5.74, 6) is -1.16. The number of aliphatic imine (C=N–C) groups is 1. The first-order chi connectivity index (χ1) is 14.6. The minimum Gasteiger partial charge on any atom is -0.292 e. The quantitative estimate of drug-likeness (QED) is 0.717. The highest BCUT2D eigenvalue weighted by molar-refractivity contribution is 6.20. The molecule has 3 aromatic rings. The molecule has 0 aliphatic carbocycles. The van der Waals surface area contributed by atoms with E-state index in [0.717, 1.165) is 0 Å². The highest BCUT2D eigenvalue weighted by Gasteiger charge is 2.41. The van der Waals surface area contributed by atoms with Crippen LogP contribution in [0.4, 0.5) is 14.5 Å². The Labute approximate surface area is 170 Å². The second-order valence-corrected chi connectivity index (χ2v) is 7.10. The second-order valence-electron chi connectivity index (χ2n) is 7.10. The van der Waals surface area contributed by atoms with Crippen LogP contribution in [0.15, 0.2) is 47.7 Å². The molecule has 1 aromatic heterocycles. The SMILES string of the molecule is CCn1ncnc1C1C2=NCC(=O)c3cc(F)cc(c32)NOC1c1ccc(F)cc1. The van der Waals surface area contributed by atoms with Crippen LogP contribution in [0.2, 0.25) is 0 Å². The molecule has 1 N–H and O–H groups in total. The first-order valence-corrected chi connectivity index (χ1v) is 9.53. The van der Waals surface area contributed by atoms with Crippen molar-refractivity contribution in [2.75, 3.05) is 12.0 Å². The number of carbonyl (C=O) groups excluding carboxylic acids is 1. The first kappa shape index (κ1) is 18.6. The number of anilines is 1. The number of nitrogens with zero attached hydrogens (tertiary/aromatic N) is 4. The number of halogens is 2.